The molecule has 0 aliphatic heterocycles. The van der Waals surface area contributed by atoms with Crippen molar-refractivity contribution >= 4 is 15.8 Å². The monoisotopic (exact) mass is 381 g/mol. The van der Waals surface area contributed by atoms with E-state index >= 15 is 0 Å². The Kier molecular flexibility index (Phi) is 7.32. The highest BCUT2D eigenvalue weighted by atomic mass is 32.2. The summed E-state index contributed by atoms with van der Waals surface area (Å²) in [5.41, 5.74) is 3.46. The Hall–Kier alpha value is -1.76. The minimum atomic E-state index is -2.97. The molecule has 0 bridgehead atoms. The van der Waals surface area contributed by atoms with Crippen LogP contribution in [0.2, 0.25) is 0 Å². The number of aromatic hydroxyl groups is 1. The number of hydrogen-bond donors (Lipinski definition) is 3. The molecule has 0 spiro atoms. The van der Waals surface area contributed by atoms with Crippen molar-refractivity contribution in [2.45, 2.75) is 58.5 Å². The van der Waals surface area contributed by atoms with E-state index in [0.29, 0.717) is 31.2 Å². The minimum Gasteiger partial charge on any atom is -0.508 e. The van der Waals surface area contributed by atoms with E-state index in [1.807, 2.05) is 19.9 Å². The Balaban J connectivity index is 2.09. The number of benzene rings is 1. The van der Waals surface area contributed by atoms with Crippen LogP contribution in [-0.2, 0) is 29.2 Å². The summed E-state index contributed by atoms with van der Waals surface area (Å²) in [7, 11) is -2.97. The molecule has 0 saturated heterocycles. The Morgan fingerprint density at radius 2 is 2.04 bits per heavy atom. The first-order valence-electron chi connectivity index (χ1n) is 9.35. The van der Waals surface area contributed by atoms with Gasteiger partial charge in [0, 0.05) is 24.4 Å². The first kappa shape index (κ1) is 20.6. The van der Waals surface area contributed by atoms with Crippen LogP contribution in [0.1, 0.15) is 49.8 Å². The average Bonchev–Trinajstić information content (AvgIpc) is 2.58. The third-order valence-electron chi connectivity index (χ3n) is 4.67. The average molecular weight is 382 g/mol. The van der Waals surface area contributed by atoms with Crippen LogP contribution in [0.3, 0.4) is 0 Å². The van der Waals surface area contributed by atoms with E-state index in [1.54, 1.807) is 6.07 Å². The van der Waals surface area contributed by atoms with Gasteiger partial charge < -0.3 is 15.7 Å². The third-order valence-corrected chi connectivity index (χ3v) is 5.65. The number of rotatable bonds is 7. The van der Waals surface area contributed by atoms with Crippen LogP contribution in [0.25, 0.3) is 0 Å². The molecule has 1 aliphatic rings. The molecule has 0 radical (unpaired) electrons. The SMILES string of the molecule is CCNC(=NCc1c(O)ccc2c1CCCC2)NC(C)CCS(C)(=O)=O. The Bertz CT molecular complexity index is 745. The van der Waals surface area contributed by atoms with Crippen LogP contribution in [0.5, 0.6) is 5.75 Å². The van der Waals surface area contributed by atoms with Gasteiger partial charge in [-0.3, -0.25) is 0 Å². The first-order chi connectivity index (χ1) is 12.3. The largest absolute Gasteiger partial charge is 0.508 e. The van der Waals surface area contributed by atoms with Crippen LogP contribution in [0.4, 0.5) is 0 Å². The quantitative estimate of drug-likeness (QED) is 0.497. The lowest BCUT2D eigenvalue weighted by molar-refractivity contribution is 0.465. The lowest BCUT2D eigenvalue weighted by atomic mass is 9.88. The van der Waals surface area contributed by atoms with Crippen LogP contribution in [-0.4, -0.2) is 44.1 Å². The van der Waals surface area contributed by atoms with Crippen molar-refractivity contribution < 1.29 is 13.5 Å². The number of phenols is 1. The number of aryl methyl sites for hydroxylation is 1. The number of aliphatic imine (C=N–C) groups is 1. The van der Waals surface area contributed by atoms with Gasteiger partial charge in [-0.1, -0.05) is 6.07 Å². The summed E-state index contributed by atoms with van der Waals surface area (Å²) >= 11 is 0. The topological polar surface area (TPSA) is 90.8 Å². The fourth-order valence-electron chi connectivity index (χ4n) is 3.24. The van der Waals surface area contributed by atoms with Gasteiger partial charge in [0.15, 0.2) is 5.96 Å². The molecule has 1 aliphatic carbocycles. The maximum absolute atomic E-state index is 11.3. The molecule has 146 valence electrons. The van der Waals surface area contributed by atoms with Gasteiger partial charge in [-0.05, 0) is 63.1 Å². The molecule has 0 amide bonds. The van der Waals surface area contributed by atoms with Crippen molar-refractivity contribution in [3.05, 3.63) is 28.8 Å². The van der Waals surface area contributed by atoms with Crippen molar-refractivity contribution in [2.24, 2.45) is 4.99 Å². The highest BCUT2D eigenvalue weighted by molar-refractivity contribution is 7.90. The highest BCUT2D eigenvalue weighted by Gasteiger charge is 2.16. The summed E-state index contributed by atoms with van der Waals surface area (Å²) in [6.45, 7) is 5.05. The van der Waals surface area contributed by atoms with Gasteiger partial charge in [-0.15, -0.1) is 0 Å². The fourth-order valence-corrected chi connectivity index (χ4v) is 4.02. The number of sulfone groups is 1. The number of hydrogen-bond acceptors (Lipinski definition) is 4. The van der Waals surface area contributed by atoms with Crippen LogP contribution >= 0.6 is 0 Å². The third kappa shape index (κ3) is 6.20. The van der Waals surface area contributed by atoms with Crippen LogP contribution in [0.15, 0.2) is 17.1 Å². The van der Waals surface area contributed by atoms with Gasteiger partial charge in [-0.25, -0.2) is 13.4 Å². The Morgan fingerprint density at radius 1 is 1.31 bits per heavy atom. The number of guanidine groups is 1. The van der Waals surface area contributed by atoms with Crippen molar-refractivity contribution in [1.29, 1.82) is 0 Å². The zero-order valence-corrected chi connectivity index (χ0v) is 16.8. The van der Waals surface area contributed by atoms with Gasteiger partial charge in [0.25, 0.3) is 0 Å². The summed E-state index contributed by atoms with van der Waals surface area (Å²) in [6, 6.07) is 3.78. The Morgan fingerprint density at radius 3 is 2.73 bits per heavy atom. The van der Waals surface area contributed by atoms with Gasteiger partial charge in [0.1, 0.15) is 15.6 Å². The number of nitrogens with zero attached hydrogens (tertiary/aromatic N) is 1. The van der Waals surface area contributed by atoms with E-state index < -0.39 is 9.84 Å². The number of phenolic OH excluding ortho intramolecular Hbond substituents is 1. The van der Waals surface area contributed by atoms with Gasteiger partial charge >= 0.3 is 0 Å². The molecule has 1 unspecified atom stereocenters. The van der Waals surface area contributed by atoms with Crippen molar-refractivity contribution in [3.63, 3.8) is 0 Å². The second-order valence-corrected chi connectivity index (χ2v) is 9.33. The second kappa shape index (κ2) is 9.26. The molecule has 0 heterocycles. The molecule has 6 nitrogen and oxygen atoms in total. The van der Waals surface area contributed by atoms with E-state index in [-0.39, 0.29) is 11.8 Å². The van der Waals surface area contributed by atoms with Crippen LogP contribution < -0.4 is 10.6 Å². The smallest absolute Gasteiger partial charge is 0.191 e. The maximum atomic E-state index is 11.3. The molecule has 1 aromatic carbocycles. The van der Waals surface area contributed by atoms with E-state index in [0.717, 1.165) is 24.8 Å². The first-order valence-corrected chi connectivity index (χ1v) is 11.4. The minimum absolute atomic E-state index is 0.0131. The molecule has 7 heteroatoms. The van der Waals surface area contributed by atoms with E-state index in [2.05, 4.69) is 15.6 Å². The van der Waals surface area contributed by atoms with Crippen molar-refractivity contribution in [3.8, 4) is 5.75 Å². The van der Waals surface area contributed by atoms with Crippen molar-refractivity contribution in [2.75, 3.05) is 18.6 Å². The van der Waals surface area contributed by atoms with Gasteiger partial charge in [0.2, 0.25) is 0 Å². The molecular formula is C19H31N3O3S. The van der Waals surface area contributed by atoms with Gasteiger partial charge in [0.05, 0.1) is 12.3 Å². The lowest BCUT2D eigenvalue weighted by Crippen LogP contribution is -2.42. The van der Waals surface area contributed by atoms with E-state index in [9.17, 15) is 13.5 Å². The predicted octanol–water partition coefficient (Wildman–Crippen LogP) is 2.15. The second-order valence-electron chi connectivity index (χ2n) is 7.07. The number of fused-ring (bicyclic) bond motifs is 1. The summed E-state index contributed by atoms with van der Waals surface area (Å²) in [4.78, 5) is 4.62. The van der Waals surface area contributed by atoms with Gasteiger partial charge in [-0.2, -0.15) is 0 Å². The highest BCUT2D eigenvalue weighted by Crippen LogP contribution is 2.31. The molecule has 26 heavy (non-hydrogen) atoms. The molecule has 2 rings (SSSR count). The van der Waals surface area contributed by atoms with Crippen LogP contribution in [0, 0.1) is 0 Å². The fraction of sp³-hybridized carbons (Fsp3) is 0.632. The predicted molar refractivity (Wildman–Crippen MR) is 106 cm³/mol. The molecule has 1 atom stereocenters. The summed E-state index contributed by atoms with van der Waals surface area (Å²) in [5.74, 6) is 1.09. The molecule has 0 saturated carbocycles. The molecule has 0 fully saturated rings. The maximum Gasteiger partial charge on any atom is 0.191 e. The lowest BCUT2D eigenvalue weighted by Gasteiger charge is -2.21. The van der Waals surface area contributed by atoms with E-state index in [4.69, 9.17) is 0 Å². The number of nitrogens with one attached hydrogen (secondary N) is 2. The summed E-state index contributed by atoms with van der Waals surface area (Å²) < 4.78 is 22.7. The summed E-state index contributed by atoms with van der Waals surface area (Å²) in [6.07, 6.45) is 6.17. The standard InChI is InChI=1S/C19H31N3O3S/c1-4-20-19(22-14(2)11-12-26(3,24)25)21-13-17-16-8-6-5-7-15(16)9-10-18(17)23/h9-10,14,23H,4-8,11-13H2,1-3H3,(H2,20,21,22). The summed E-state index contributed by atoms with van der Waals surface area (Å²) in [5, 5.41) is 16.7. The van der Waals surface area contributed by atoms with Crippen molar-refractivity contribution in [1.82, 2.24) is 10.6 Å². The zero-order valence-electron chi connectivity index (χ0n) is 16.0. The molecule has 0 aromatic heterocycles. The van der Waals surface area contributed by atoms with E-state index in [1.165, 1.54) is 23.8 Å². The Labute approximate surface area is 157 Å². The molecule has 3 N–H and O–H groups in total. The zero-order chi connectivity index (χ0) is 19.2. The molecule has 1 aromatic rings. The molecular weight excluding hydrogens is 350 g/mol. The normalized spacial score (nSPS) is 16.0.